The van der Waals surface area contributed by atoms with Gasteiger partial charge >= 0.3 is 6.03 Å². The smallest absolute Gasteiger partial charge is 0.300 e. The van der Waals surface area contributed by atoms with Crippen molar-refractivity contribution in [2.75, 3.05) is 18.0 Å². The van der Waals surface area contributed by atoms with E-state index < -0.39 is 17.8 Å². The maximum Gasteiger partial charge on any atom is 0.328 e. The lowest BCUT2D eigenvalue weighted by molar-refractivity contribution is 0.0906. The Morgan fingerprint density at radius 1 is 1.19 bits per heavy atom. The highest BCUT2D eigenvalue weighted by Gasteiger charge is 2.55. The molecule has 1 aromatic carbocycles. The molecular weight excluding hydrogens is 410 g/mol. The van der Waals surface area contributed by atoms with Crippen LogP contribution in [0.3, 0.4) is 0 Å². The topological polar surface area (TPSA) is 47.9 Å². The summed E-state index contributed by atoms with van der Waals surface area (Å²) >= 11 is 0. The first kappa shape index (κ1) is 21.8. The molecule has 0 bridgehead atoms. The Balaban J connectivity index is 1.49. The number of alkyl halides is 1. The van der Waals surface area contributed by atoms with Gasteiger partial charge in [-0.25, -0.2) is 13.6 Å². The number of amidine groups is 1. The van der Waals surface area contributed by atoms with Crippen molar-refractivity contribution < 1.29 is 13.6 Å². The average Bonchev–Trinajstić information content (AvgIpc) is 2.98. The van der Waals surface area contributed by atoms with Crippen molar-refractivity contribution >= 4 is 17.6 Å². The van der Waals surface area contributed by atoms with E-state index in [1.165, 1.54) is 31.4 Å². The van der Waals surface area contributed by atoms with E-state index in [-0.39, 0.29) is 17.9 Å². The zero-order chi connectivity index (χ0) is 22.3. The first-order chi connectivity index (χ1) is 15.5. The Morgan fingerprint density at radius 3 is 2.69 bits per heavy atom. The summed E-state index contributed by atoms with van der Waals surface area (Å²) in [5, 5.41) is 2.98. The van der Waals surface area contributed by atoms with E-state index >= 15 is 0 Å². The van der Waals surface area contributed by atoms with Gasteiger partial charge in [0.2, 0.25) is 0 Å². The molecule has 4 fully saturated rings. The van der Waals surface area contributed by atoms with Crippen molar-refractivity contribution in [2.45, 2.75) is 88.5 Å². The molecule has 1 aromatic rings. The highest BCUT2D eigenvalue weighted by Crippen LogP contribution is 2.41. The zero-order valence-electron chi connectivity index (χ0n) is 18.9. The van der Waals surface area contributed by atoms with Gasteiger partial charge in [-0.15, -0.1) is 0 Å². The van der Waals surface area contributed by atoms with Crippen LogP contribution in [0.1, 0.15) is 64.7 Å². The van der Waals surface area contributed by atoms with E-state index in [1.54, 1.807) is 17.0 Å². The molecule has 2 aliphatic carbocycles. The summed E-state index contributed by atoms with van der Waals surface area (Å²) in [6, 6.07) is 5.76. The summed E-state index contributed by atoms with van der Waals surface area (Å²) in [6.07, 6.45) is 7.47. The summed E-state index contributed by atoms with van der Waals surface area (Å²) in [6.45, 7) is 4.16. The van der Waals surface area contributed by atoms with Crippen molar-refractivity contribution in [3.05, 3.63) is 30.1 Å². The van der Waals surface area contributed by atoms with Gasteiger partial charge in [-0.3, -0.25) is 15.2 Å². The summed E-state index contributed by atoms with van der Waals surface area (Å²) in [5.74, 6) is 0.982. The molecule has 1 N–H and O–H groups in total. The van der Waals surface area contributed by atoms with E-state index in [0.29, 0.717) is 37.2 Å². The molecule has 4 atom stereocenters. The molecule has 5 nitrogen and oxygen atoms in total. The Labute approximate surface area is 189 Å². The van der Waals surface area contributed by atoms with Crippen LogP contribution in [-0.2, 0) is 0 Å². The van der Waals surface area contributed by atoms with Crippen molar-refractivity contribution in [3.63, 3.8) is 0 Å². The molecule has 1 spiro atoms. The normalized spacial score (nSPS) is 35.3. The molecule has 2 aliphatic heterocycles. The Kier molecular flexibility index (Phi) is 5.95. The fourth-order valence-corrected chi connectivity index (χ4v) is 6.05. The van der Waals surface area contributed by atoms with E-state index in [9.17, 15) is 13.6 Å². The van der Waals surface area contributed by atoms with E-state index in [1.807, 2.05) is 0 Å². The van der Waals surface area contributed by atoms with Crippen molar-refractivity contribution in [1.82, 2.24) is 10.2 Å². The molecule has 174 valence electrons. The van der Waals surface area contributed by atoms with Gasteiger partial charge in [0, 0.05) is 24.8 Å². The van der Waals surface area contributed by atoms with Crippen LogP contribution in [0.15, 0.2) is 29.3 Å². The predicted molar refractivity (Wildman–Crippen MR) is 122 cm³/mol. The second kappa shape index (κ2) is 8.73. The number of likely N-dealkylation sites (tertiary alicyclic amines) is 1. The minimum absolute atomic E-state index is 0.255. The van der Waals surface area contributed by atoms with E-state index in [4.69, 9.17) is 4.99 Å². The monoisotopic (exact) mass is 444 g/mol. The number of rotatable bonds is 4. The van der Waals surface area contributed by atoms with Crippen molar-refractivity contribution in [3.8, 4) is 0 Å². The van der Waals surface area contributed by atoms with Crippen LogP contribution in [0.4, 0.5) is 19.3 Å². The minimum atomic E-state index is -0.968. The highest BCUT2D eigenvalue weighted by molar-refractivity contribution is 6.19. The molecule has 7 heteroatoms. The number of piperidine rings is 1. The van der Waals surface area contributed by atoms with Gasteiger partial charge in [0.15, 0.2) is 0 Å². The number of carbonyl (C=O) groups is 1. The lowest BCUT2D eigenvalue weighted by Crippen LogP contribution is -2.60. The number of carbonyl (C=O) groups excluding carboxylic acids is 1. The number of hydrogen-bond acceptors (Lipinski definition) is 3. The number of hydrogen-bond donors (Lipinski definition) is 1. The predicted octanol–water partition coefficient (Wildman–Crippen LogP) is 5.06. The van der Waals surface area contributed by atoms with E-state index in [2.05, 4.69) is 17.1 Å². The summed E-state index contributed by atoms with van der Waals surface area (Å²) in [7, 11) is 0. The molecule has 2 amide bonds. The minimum Gasteiger partial charge on any atom is -0.300 e. The molecule has 32 heavy (non-hydrogen) atoms. The second-order valence-electron chi connectivity index (χ2n) is 10.2. The van der Waals surface area contributed by atoms with Gasteiger partial charge < -0.3 is 4.90 Å². The summed E-state index contributed by atoms with van der Waals surface area (Å²) < 4.78 is 28.8. The quantitative estimate of drug-likeness (QED) is 0.706. The third kappa shape index (κ3) is 3.93. The molecule has 2 saturated heterocycles. The summed E-state index contributed by atoms with van der Waals surface area (Å²) in [5.41, 5.74) is -0.148. The Hall–Kier alpha value is -2.02. The maximum atomic E-state index is 14.7. The molecule has 4 aliphatic rings. The Bertz CT molecular complexity index is 888. The van der Waals surface area contributed by atoms with Gasteiger partial charge in [-0.2, -0.15) is 0 Å². The van der Waals surface area contributed by atoms with Crippen LogP contribution in [0.5, 0.6) is 0 Å². The molecular formula is C25H34F2N4O. The molecule has 1 unspecified atom stereocenters. The molecule has 5 rings (SSSR count). The van der Waals surface area contributed by atoms with Crippen LogP contribution in [0, 0.1) is 11.7 Å². The van der Waals surface area contributed by atoms with E-state index in [0.717, 1.165) is 31.8 Å². The largest absolute Gasteiger partial charge is 0.328 e. The van der Waals surface area contributed by atoms with Crippen LogP contribution < -0.4 is 10.2 Å². The van der Waals surface area contributed by atoms with Crippen LogP contribution in [0.25, 0.3) is 0 Å². The van der Waals surface area contributed by atoms with Crippen LogP contribution >= 0.6 is 0 Å². The summed E-state index contributed by atoms with van der Waals surface area (Å²) in [4.78, 5) is 22.3. The SMILES string of the molecule is C[C@H]1C[C@]2(CCN1CC1CCC1)C(=NC1CCCC[C@H]1F)NC(=O)N2c1cccc(F)c1. The van der Waals surface area contributed by atoms with Gasteiger partial charge in [0.25, 0.3) is 0 Å². The highest BCUT2D eigenvalue weighted by atomic mass is 19.1. The lowest BCUT2D eigenvalue weighted by Gasteiger charge is -2.48. The zero-order valence-corrected chi connectivity index (χ0v) is 18.9. The van der Waals surface area contributed by atoms with Crippen molar-refractivity contribution in [2.24, 2.45) is 10.9 Å². The number of aliphatic imine (C=N–C) groups is 1. The second-order valence-corrected chi connectivity index (χ2v) is 10.2. The number of anilines is 1. The van der Waals surface area contributed by atoms with Gasteiger partial charge in [-0.1, -0.05) is 25.3 Å². The maximum absolute atomic E-state index is 14.7. The standard InChI is InChI=1S/C25H34F2N4O/c1-17-15-25(12-13-30(17)16-18-6-4-7-18)23(28-22-11-3-2-10-21(22)27)29-24(32)31(25)20-9-5-8-19(26)14-20/h5,8-9,14,17-18,21-22H,2-4,6-7,10-13,15-16H2,1H3,(H,28,29,32)/t17-,21+,22?,25+/m0/s1. The van der Waals surface area contributed by atoms with Crippen molar-refractivity contribution in [1.29, 1.82) is 0 Å². The lowest BCUT2D eigenvalue weighted by atomic mass is 9.79. The van der Waals surface area contributed by atoms with Gasteiger partial charge in [-0.05, 0) is 69.6 Å². The average molecular weight is 445 g/mol. The third-order valence-corrected chi connectivity index (χ3v) is 8.09. The van der Waals surface area contributed by atoms with Crippen LogP contribution in [-0.4, -0.2) is 53.7 Å². The number of nitrogens with one attached hydrogen (secondary N) is 1. The fraction of sp³-hybridized carbons (Fsp3) is 0.680. The molecule has 2 heterocycles. The number of benzene rings is 1. The molecule has 0 aromatic heterocycles. The first-order valence-corrected chi connectivity index (χ1v) is 12.3. The fourth-order valence-electron chi connectivity index (χ4n) is 6.05. The number of halogens is 2. The number of nitrogens with zero attached hydrogens (tertiary/aromatic N) is 3. The molecule has 2 saturated carbocycles. The van der Waals surface area contributed by atoms with Gasteiger partial charge in [0.1, 0.15) is 23.4 Å². The third-order valence-electron chi connectivity index (χ3n) is 8.09. The molecule has 0 radical (unpaired) electrons. The Morgan fingerprint density at radius 2 is 2.00 bits per heavy atom. The number of amides is 2. The van der Waals surface area contributed by atoms with Crippen LogP contribution in [0.2, 0.25) is 0 Å². The first-order valence-electron chi connectivity index (χ1n) is 12.3. The van der Waals surface area contributed by atoms with Gasteiger partial charge in [0.05, 0.1) is 6.04 Å². The number of urea groups is 1.